The Labute approximate surface area is 229 Å². The molecule has 8 heteroatoms. The van der Waals surface area contributed by atoms with Crippen LogP contribution in [0.1, 0.15) is 32.0 Å². The Morgan fingerprint density at radius 2 is 1.67 bits per heavy atom. The minimum absolute atomic E-state index is 0.148. The fourth-order valence-electron chi connectivity index (χ4n) is 4.89. The second kappa shape index (κ2) is 10.3. The number of methoxy groups -OCH3 is 2. The first-order valence-corrected chi connectivity index (χ1v) is 13.4. The Bertz CT molecular complexity index is 1690. The Balaban J connectivity index is 1.14. The number of carbonyl (C=O) groups is 2. The predicted molar refractivity (Wildman–Crippen MR) is 152 cm³/mol. The van der Waals surface area contributed by atoms with E-state index < -0.39 is 0 Å². The van der Waals surface area contributed by atoms with Crippen LogP contribution < -0.4 is 14.8 Å². The SMILES string of the molecule is COc1cc2c(cc1OC)CN(C(=O)c1ccc(-c3ccc(NC(=O)c4csc5ccccc45)cc3)o1)CC2. The molecule has 1 aliphatic rings. The smallest absolute Gasteiger partial charge is 0.289 e. The molecule has 196 valence electrons. The molecule has 0 saturated carbocycles. The number of rotatable bonds is 6. The normalized spacial score (nSPS) is 12.7. The summed E-state index contributed by atoms with van der Waals surface area (Å²) in [4.78, 5) is 27.9. The molecule has 0 radical (unpaired) electrons. The van der Waals surface area contributed by atoms with E-state index in [1.54, 1.807) is 42.6 Å². The van der Waals surface area contributed by atoms with Crippen molar-refractivity contribution in [2.75, 3.05) is 26.1 Å². The van der Waals surface area contributed by atoms with Gasteiger partial charge in [0, 0.05) is 39.8 Å². The molecule has 6 rings (SSSR count). The standard InChI is InChI=1S/C31H26N2O5S/c1-36-27-15-20-13-14-33(17-21(20)16-28(27)37-2)31(35)26-12-11-25(38-26)19-7-9-22(10-8-19)32-30(34)24-18-39-29-6-4-3-5-23(24)29/h3-12,15-16,18H,13-14,17H2,1-2H3,(H,32,34). The van der Waals surface area contributed by atoms with Gasteiger partial charge < -0.3 is 24.1 Å². The Morgan fingerprint density at radius 1 is 0.923 bits per heavy atom. The van der Waals surface area contributed by atoms with Crippen molar-refractivity contribution in [3.8, 4) is 22.8 Å². The maximum Gasteiger partial charge on any atom is 0.289 e. The van der Waals surface area contributed by atoms with Gasteiger partial charge in [-0.2, -0.15) is 0 Å². The maximum absolute atomic E-state index is 13.2. The highest BCUT2D eigenvalue weighted by Gasteiger charge is 2.26. The van der Waals surface area contributed by atoms with Crippen LogP contribution in [0.15, 0.2) is 82.6 Å². The number of ether oxygens (including phenoxy) is 2. The summed E-state index contributed by atoms with van der Waals surface area (Å²) in [5, 5.41) is 5.79. The van der Waals surface area contributed by atoms with Crippen molar-refractivity contribution < 1.29 is 23.5 Å². The lowest BCUT2D eigenvalue weighted by atomic mass is 9.98. The van der Waals surface area contributed by atoms with E-state index in [1.165, 1.54) is 0 Å². The Hall–Kier alpha value is -4.56. The van der Waals surface area contributed by atoms with E-state index in [2.05, 4.69) is 5.32 Å². The van der Waals surface area contributed by atoms with Crippen molar-refractivity contribution in [2.24, 2.45) is 0 Å². The van der Waals surface area contributed by atoms with Crippen LogP contribution in [0.25, 0.3) is 21.4 Å². The summed E-state index contributed by atoms with van der Waals surface area (Å²) >= 11 is 1.55. The van der Waals surface area contributed by atoms with E-state index in [1.807, 2.05) is 66.0 Å². The maximum atomic E-state index is 13.2. The molecule has 0 atom stereocenters. The molecule has 1 N–H and O–H groups in total. The first kappa shape index (κ1) is 24.8. The minimum atomic E-state index is -0.159. The van der Waals surface area contributed by atoms with Crippen LogP contribution in [0, 0.1) is 0 Å². The number of amides is 2. The van der Waals surface area contributed by atoms with E-state index in [-0.39, 0.29) is 17.6 Å². The van der Waals surface area contributed by atoms with Crippen LogP contribution in [0.3, 0.4) is 0 Å². The van der Waals surface area contributed by atoms with Crippen LogP contribution in [0.5, 0.6) is 11.5 Å². The lowest BCUT2D eigenvalue weighted by Gasteiger charge is -2.29. The average Bonchev–Trinajstić information content (AvgIpc) is 3.64. The van der Waals surface area contributed by atoms with Crippen molar-refractivity contribution in [1.82, 2.24) is 4.90 Å². The molecule has 0 fully saturated rings. The number of nitrogens with zero attached hydrogens (tertiary/aromatic N) is 1. The molecular weight excluding hydrogens is 512 g/mol. The molecule has 1 aliphatic heterocycles. The zero-order valence-electron chi connectivity index (χ0n) is 21.5. The van der Waals surface area contributed by atoms with Gasteiger partial charge in [-0.25, -0.2) is 0 Å². The molecular formula is C31H26N2O5S. The number of hydrogen-bond donors (Lipinski definition) is 1. The van der Waals surface area contributed by atoms with Crippen molar-refractivity contribution in [2.45, 2.75) is 13.0 Å². The topological polar surface area (TPSA) is 81.0 Å². The van der Waals surface area contributed by atoms with Crippen LogP contribution >= 0.6 is 11.3 Å². The first-order valence-electron chi connectivity index (χ1n) is 12.5. The zero-order valence-corrected chi connectivity index (χ0v) is 22.3. The first-order chi connectivity index (χ1) is 19.0. The molecule has 3 heterocycles. The third-order valence-corrected chi connectivity index (χ3v) is 7.94. The van der Waals surface area contributed by atoms with Crippen LogP contribution in [-0.2, 0) is 13.0 Å². The Kier molecular flexibility index (Phi) is 6.54. The molecule has 7 nitrogen and oxygen atoms in total. The summed E-state index contributed by atoms with van der Waals surface area (Å²) in [6.45, 7) is 1.06. The lowest BCUT2D eigenvalue weighted by Crippen LogP contribution is -2.35. The van der Waals surface area contributed by atoms with Gasteiger partial charge in [-0.05, 0) is 72.1 Å². The second-order valence-electron chi connectivity index (χ2n) is 9.29. The molecule has 2 amide bonds. The highest BCUT2D eigenvalue weighted by atomic mass is 32.1. The van der Waals surface area contributed by atoms with Gasteiger partial charge in [0.05, 0.1) is 19.8 Å². The molecule has 39 heavy (non-hydrogen) atoms. The Morgan fingerprint density at radius 3 is 2.44 bits per heavy atom. The van der Waals surface area contributed by atoms with Crippen molar-refractivity contribution in [3.05, 3.63) is 101 Å². The fraction of sp³-hybridized carbons (Fsp3) is 0.161. The minimum Gasteiger partial charge on any atom is -0.493 e. The highest BCUT2D eigenvalue weighted by molar-refractivity contribution is 7.17. The molecule has 0 saturated heterocycles. The van der Waals surface area contributed by atoms with Gasteiger partial charge in [-0.3, -0.25) is 9.59 Å². The fourth-order valence-corrected chi connectivity index (χ4v) is 5.83. The van der Waals surface area contributed by atoms with Gasteiger partial charge in [0.2, 0.25) is 0 Å². The van der Waals surface area contributed by atoms with Gasteiger partial charge in [0.25, 0.3) is 11.8 Å². The molecule has 5 aromatic rings. The molecule has 2 aromatic heterocycles. The van der Waals surface area contributed by atoms with E-state index in [0.29, 0.717) is 41.6 Å². The third kappa shape index (κ3) is 4.75. The van der Waals surface area contributed by atoms with Gasteiger partial charge in [0.15, 0.2) is 17.3 Å². The number of thiophene rings is 1. The zero-order chi connectivity index (χ0) is 26.9. The number of carbonyl (C=O) groups excluding carboxylic acids is 2. The number of anilines is 1. The summed E-state index contributed by atoms with van der Waals surface area (Å²) in [5.41, 5.74) is 4.34. The van der Waals surface area contributed by atoms with Crippen LogP contribution in [0.2, 0.25) is 0 Å². The second-order valence-corrected chi connectivity index (χ2v) is 10.2. The van der Waals surface area contributed by atoms with E-state index in [9.17, 15) is 9.59 Å². The molecule has 0 aliphatic carbocycles. The number of fused-ring (bicyclic) bond motifs is 2. The van der Waals surface area contributed by atoms with E-state index in [0.717, 1.165) is 33.2 Å². The summed E-state index contributed by atoms with van der Waals surface area (Å²) < 4.78 is 17.9. The lowest BCUT2D eigenvalue weighted by molar-refractivity contribution is 0.0703. The molecule has 0 spiro atoms. The number of hydrogen-bond acceptors (Lipinski definition) is 6. The highest BCUT2D eigenvalue weighted by Crippen LogP contribution is 2.34. The van der Waals surface area contributed by atoms with Crippen LogP contribution in [0.4, 0.5) is 5.69 Å². The quantitative estimate of drug-likeness (QED) is 0.262. The summed E-state index contributed by atoms with van der Waals surface area (Å²) in [6, 6.07) is 22.7. The van der Waals surface area contributed by atoms with Crippen molar-refractivity contribution in [1.29, 1.82) is 0 Å². The monoisotopic (exact) mass is 538 g/mol. The summed E-state index contributed by atoms with van der Waals surface area (Å²) in [5.74, 6) is 1.91. The largest absolute Gasteiger partial charge is 0.493 e. The van der Waals surface area contributed by atoms with E-state index in [4.69, 9.17) is 13.9 Å². The van der Waals surface area contributed by atoms with E-state index >= 15 is 0 Å². The van der Waals surface area contributed by atoms with Crippen molar-refractivity contribution in [3.63, 3.8) is 0 Å². The summed E-state index contributed by atoms with van der Waals surface area (Å²) in [6.07, 6.45) is 0.726. The number of benzene rings is 3. The van der Waals surface area contributed by atoms with Crippen molar-refractivity contribution >= 4 is 38.9 Å². The number of nitrogens with one attached hydrogen (secondary N) is 1. The molecule has 0 bridgehead atoms. The van der Waals surface area contributed by atoms with Gasteiger partial charge in [-0.1, -0.05) is 18.2 Å². The molecule has 3 aromatic carbocycles. The third-order valence-electron chi connectivity index (χ3n) is 6.97. The van der Waals surface area contributed by atoms with Gasteiger partial charge in [0.1, 0.15) is 5.76 Å². The average molecular weight is 539 g/mol. The van der Waals surface area contributed by atoms with Crippen LogP contribution in [-0.4, -0.2) is 37.5 Å². The van der Waals surface area contributed by atoms with Gasteiger partial charge in [-0.15, -0.1) is 11.3 Å². The molecule has 0 unspecified atom stereocenters. The summed E-state index contributed by atoms with van der Waals surface area (Å²) in [7, 11) is 3.22. The predicted octanol–water partition coefficient (Wildman–Crippen LogP) is 6.63. The number of furan rings is 1. The van der Waals surface area contributed by atoms with Gasteiger partial charge >= 0.3 is 0 Å².